The third-order valence-electron chi connectivity index (χ3n) is 2.67. The SMILES string of the molecule is Cl.NC1CC(C(F)(F)F)CC(C(F)(F)F)C1. The third kappa shape index (κ3) is 4.01. The molecule has 1 nitrogen and oxygen atoms in total. The van der Waals surface area contributed by atoms with Gasteiger partial charge in [-0.1, -0.05) is 0 Å². The molecule has 1 saturated carbocycles. The zero-order chi connectivity index (χ0) is 11.9. The van der Waals surface area contributed by atoms with Gasteiger partial charge in [0.25, 0.3) is 0 Å². The second kappa shape index (κ2) is 5.00. The van der Waals surface area contributed by atoms with E-state index in [4.69, 9.17) is 5.73 Å². The number of rotatable bonds is 0. The summed E-state index contributed by atoms with van der Waals surface area (Å²) >= 11 is 0. The van der Waals surface area contributed by atoms with Crippen LogP contribution in [0.5, 0.6) is 0 Å². The third-order valence-corrected chi connectivity index (χ3v) is 2.67. The highest BCUT2D eigenvalue weighted by Crippen LogP contribution is 2.44. The van der Waals surface area contributed by atoms with Crippen molar-refractivity contribution in [2.24, 2.45) is 17.6 Å². The van der Waals surface area contributed by atoms with Crippen molar-refractivity contribution in [3.8, 4) is 0 Å². The Hall–Kier alpha value is -0.170. The van der Waals surface area contributed by atoms with Gasteiger partial charge in [-0.15, -0.1) is 12.4 Å². The van der Waals surface area contributed by atoms with Crippen LogP contribution < -0.4 is 5.73 Å². The van der Waals surface area contributed by atoms with Crippen LogP contribution >= 0.6 is 12.4 Å². The molecule has 1 fully saturated rings. The monoisotopic (exact) mass is 271 g/mol. The van der Waals surface area contributed by atoms with Gasteiger partial charge in [0, 0.05) is 6.04 Å². The van der Waals surface area contributed by atoms with E-state index in [0.717, 1.165) is 0 Å². The van der Waals surface area contributed by atoms with Gasteiger partial charge < -0.3 is 5.73 Å². The van der Waals surface area contributed by atoms with Crippen LogP contribution in [0.25, 0.3) is 0 Å². The van der Waals surface area contributed by atoms with Gasteiger partial charge in [0.2, 0.25) is 0 Å². The predicted octanol–water partition coefficient (Wildman–Crippen LogP) is 3.28. The first-order valence-corrected chi connectivity index (χ1v) is 4.49. The lowest BCUT2D eigenvalue weighted by molar-refractivity contribution is -0.224. The molecule has 0 amide bonds. The maximum atomic E-state index is 12.3. The van der Waals surface area contributed by atoms with Gasteiger partial charge in [-0.25, -0.2) is 0 Å². The van der Waals surface area contributed by atoms with Crippen LogP contribution in [0.1, 0.15) is 19.3 Å². The van der Waals surface area contributed by atoms with Gasteiger partial charge in [-0.2, -0.15) is 26.3 Å². The highest BCUT2D eigenvalue weighted by Gasteiger charge is 2.51. The minimum Gasteiger partial charge on any atom is -0.328 e. The van der Waals surface area contributed by atoms with Crippen LogP contribution in [0.2, 0.25) is 0 Å². The lowest BCUT2D eigenvalue weighted by Gasteiger charge is -2.35. The van der Waals surface area contributed by atoms with Crippen molar-refractivity contribution in [1.29, 1.82) is 0 Å². The van der Waals surface area contributed by atoms with E-state index < -0.39 is 49.5 Å². The highest BCUT2D eigenvalue weighted by atomic mass is 35.5. The Kier molecular flexibility index (Phi) is 4.94. The van der Waals surface area contributed by atoms with Gasteiger partial charge >= 0.3 is 12.4 Å². The quantitative estimate of drug-likeness (QED) is 0.672. The summed E-state index contributed by atoms with van der Waals surface area (Å²) < 4.78 is 73.5. The van der Waals surface area contributed by atoms with Gasteiger partial charge in [0.1, 0.15) is 0 Å². The zero-order valence-corrected chi connectivity index (χ0v) is 8.92. The molecular weight excluding hydrogens is 260 g/mol. The van der Waals surface area contributed by atoms with Crippen LogP contribution in [0.15, 0.2) is 0 Å². The van der Waals surface area contributed by atoms with Crippen molar-refractivity contribution in [3.63, 3.8) is 0 Å². The smallest absolute Gasteiger partial charge is 0.328 e. The summed E-state index contributed by atoms with van der Waals surface area (Å²) in [6, 6.07) is -1.02. The molecule has 0 aromatic rings. The molecule has 16 heavy (non-hydrogen) atoms. The first-order chi connectivity index (χ1) is 6.60. The Labute approximate surface area is 94.8 Å². The molecule has 0 aromatic carbocycles. The second-order valence-corrected chi connectivity index (χ2v) is 3.94. The second-order valence-electron chi connectivity index (χ2n) is 3.94. The summed E-state index contributed by atoms with van der Waals surface area (Å²) in [4.78, 5) is 0. The molecule has 8 heteroatoms. The number of halogens is 7. The molecule has 98 valence electrons. The maximum Gasteiger partial charge on any atom is 0.391 e. The first-order valence-electron chi connectivity index (χ1n) is 4.49. The molecule has 1 aliphatic rings. The van der Waals surface area contributed by atoms with Crippen molar-refractivity contribution >= 4 is 12.4 Å². The van der Waals surface area contributed by atoms with Crippen LogP contribution in [0, 0.1) is 11.8 Å². The largest absolute Gasteiger partial charge is 0.391 e. The van der Waals surface area contributed by atoms with Gasteiger partial charge in [-0.05, 0) is 19.3 Å². The van der Waals surface area contributed by atoms with Crippen molar-refractivity contribution in [2.45, 2.75) is 37.7 Å². The summed E-state index contributed by atoms with van der Waals surface area (Å²) in [5.41, 5.74) is 5.21. The molecule has 2 atom stereocenters. The normalized spacial score (nSPS) is 32.1. The molecule has 0 radical (unpaired) electrons. The van der Waals surface area contributed by atoms with E-state index in [-0.39, 0.29) is 12.4 Å². The van der Waals surface area contributed by atoms with Gasteiger partial charge in [0.05, 0.1) is 11.8 Å². The van der Waals surface area contributed by atoms with E-state index in [1.807, 2.05) is 0 Å². The first kappa shape index (κ1) is 15.8. The summed E-state index contributed by atoms with van der Waals surface area (Å²) in [5, 5.41) is 0. The molecule has 0 aliphatic heterocycles. The number of nitrogens with two attached hydrogens (primary N) is 1. The van der Waals surface area contributed by atoms with Crippen LogP contribution in [0.4, 0.5) is 26.3 Å². The molecular formula is C8H12ClF6N. The Morgan fingerprint density at radius 2 is 1.06 bits per heavy atom. The fraction of sp³-hybridized carbons (Fsp3) is 1.00. The Bertz CT molecular complexity index is 204. The zero-order valence-electron chi connectivity index (χ0n) is 8.11. The summed E-state index contributed by atoms with van der Waals surface area (Å²) in [5.74, 6) is -3.85. The molecule has 0 spiro atoms. The van der Waals surface area contributed by atoms with E-state index >= 15 is 0 Å². The molecule has 0 aromatic heterocycles. The fourth-order valence-corrected chi connectivity index (χ4v) is 1.90. The van der Waals surface area contributed by atoms with Crippen LogP contribution in [0.3, 0.4) is 0 Å². The average Bonchev–Trinajstić information content (AvgIpc) is 1.99. The molecule has 0 heterocycles. The Morgan fingerprint density at radius 3 is 1.31 bits per heavy atom. The summed E-state index contributed by atoms with van der Waals surface area (Å²) in [6.45, 7) is 0. The standard InChI is InChI=1S/C8H11F6N.ClH/c9-7(10,11)4-1-5(8(12,13)14)3-6(15)2-4;/h4-6H,1-3,15H2;1H. The number of hydrogen-bond donors (Lipinski definition) is 1. The minimum absolute atomic E-state index is 0. The Balaban J connectivity index is 0.00000225. The van der Waals surface area contributed by atoms with E-state index in [0.29, 0.717) is 0 Å². The summed E-state index contributed by atoms with van der Waals surface area (Å²) in [6.07, 6.45) is -10.9. The topological polar surface area (TPSA) is 26.0 Å². The molecule has 2 unspecified atom stereocenters. The lowest BCUT2D eigenvalue weighted by Crippen LogP contribution is -2.43. The average molecular weight is 272 g/mol. The highest BCUT2D eigenvalue weighted by molar-refractivity contribution is 5.85. The van der Waals surface area contributed by atoms with Crippen molar-refractivity contribution in [1.82, 2.24) is 0 Å². The molecule has 0 bridgehead atoms. The van der Waals surface area contributed by atoms with Crippen molar-refractivity contribution in [2.75, 3.05) is 0 Å². The van der Waals surface area contributed by atoms with Crippen LogP contribution in [-0.2, 0) is 0 Å². The number of alkyl halides is 6. The Morgan fingerprint density at radius 1 is 0.750 bits per heavy atom. The van der Waals surface area contributed by atoms with E-state index in [1.165, 1.54) is 0 Å². The van der Waals surface area contributed by atoms with Gasteiger partial charge in [0.15, 0.2) is 0 Å². The molecule has 1 rings (SSSR count). The predicted molar refractivity (Wildman–Crippen MR) is 48.2 cm³/mol. The fourth-order valence-electron chi connectivity index (χ4n) is 1.90. The molecule has 2 N–H and O–H groups in total. The van der Waals surface area contributed by atoms with Crippen molar-refractivity contribution in [3.05, 3.63) is 0 Å². The van der Waals surface area contributed by atoms with E-state index in [1.54, 1.807) is 0 Å². The number of hydrogen-bond acceptors (Lipinski definition) is 1. The minimum atomic E-state index is -4.58. The van der Waals surface area contributed by atoms with Crippen molar-refractivity contribution < 1.29 is 26.3 Å². The lowest BCUT2D eigenvalue weighted by atomic mass is 9.78. The maximum absolute atomic E-state index is 12.3. The molecule has 1 aliphatic carbocycles. The van der Waals surface area contributed by atoms with E-state index in [2.05, 4.69) is 0 Å². The van der Waals surface area contributed by atoms with E-state index in [9.17, 15) is 26.3 Å². The van der Waals surface area contributed by atoms with Gasteiger partial charge in [-0.3, -0.25) is 0 Å². The summed E-state index contributed by atoms with van der Waals surface area (Å²) in [7, 11) is 0. The molecule has 0 saturated heterocycles. The van der Waals surface area contributed by atoms with Crippen LogP contribution in [-0.4, -0.2) is 18.4 Å².